The molecule has 210 valence electrons. The van der Waals surface area contributed by atoms with Crippen molar-refractivity contribution in [2.24, 2.45) is 5.73 Å². The number of fused-ring (bicyclic) bond motifs is 1. The summed E-state index contributed by atoms with van der Waals surface area (Å²) in [5.74, 6) is 0.903. The molecule has 0 amide bonds. The maximum absolute atomic E-state index is 11.5. The van der Waals surface area contributed by atoms with Crippen molar-refractivity contribution in [2.45, 2.75) is 32.5 Å². The lowest BCUT2D eigenvalue weighted by Crippen LogP contribution is -2.16. The first-order chi connectivity index (χ1) is 20.0. The largest absolute Gasteiger partial charge is 0.485 e. The molecule has 41 heavy (non-hydrogen) atoms. The molecule has 0 fully saturated rings. The Kier molecular flexibility index (Phi) is 8.60. The van der Waals surface area contributed by atoms with E-state index in [0.717, 1.165) is 52.5 Å². The molecule has 5 rings (SSSR count). The number of pyridine rings is 1. The molecule has 0 radical (unpaired) electrons. The van der Waals surface area contributed by atoms with Gasteiger partial charge in [-0.2, -0.15) is 4.98 Å². The van der Waals surface area contributed by atoms with Gasteiger partial charge in [-0.1, -0.05) is 54.6 Å². The van der Waals surface area contributed by atoms with Gasteiger partial charge >= 0.3 is 5.97 Å². The van der Waals surface area contributed by atoms with Gasteiger partial charge in [-0.25, -0.2) is 0 Å². The number of nitrogens with two attached hydrogens (primary N) is 1. The summed E-state index contributed by atoms with van der Waals surface area (Å²) in [6, 6.07) is 23.9. The lowest BCUT2D eigenvalue weighted by molar-refractivity contribution is -0.143. The molecule has 0 saturated carbocycles. The van der Waals surface area contributed by atoms with Crippen LogP contribution in [0.1, 0.15) is 34.8 Å². The molecule has 0 saturated heterocycles. The van der Waals surface area contributed by atoms with Crippen LogP contribution in [0.4, 0.5) is 0 Å². The molecule has 8 heteroatoms. The Labute approximate surface area is 239 Å². The molecule has 1 aromatic heterocycles. The van der Waals surface area contributed by atoms with Gasteiger partial charge in [0.15, 0.2) is 6.29 Å². The number of rotatable bonds is 11. The van der Waals surface area contributed by atoms with Crippen molar-refractivity contribution in [1.29, 1.82) is 0 Å². The zero-order valence-electron chi connectivity index (χ0n) is 23.1. The topological polar surface area (TPSA) is 110 Å². The summed E-state index contributed by atoms with van der Waals surface area (Å²) in [5.41, 5.74) is 13.5. The minimum atomic E-state index is -0.505. The molecular formula is C33H32N2O6. The molecular weight excluding hydrogens is 520 g/mol. The summed E-state index contributed by atoms with van der Waals surface area (Å²) in [6.45, 7) is 1.89. The molecule has 1 heterocycles. The van der Waals surface area contributed by atoms with Crippen LogP contribution in [0.25, 0.3) is 22.3 Å². The van der Waals surface area contributed by atoms with Crippen LogP contribution >= 0.6 is 0 Å². The lowest BCUT2D eigenvalue weighted by Gasteiger charge is -2.20. The van der Waals surface area contributed by atoms with E-state index in [2.05, 4.69) is 36.2 Å². The van der Waals surface area contributed by atoms with Gasteiger partial charge in [0.05, 0.1) is 19.2 Å². The first-order valence-electron chi connectivity index (χ1n) is 13.5. The van der Waals surface area contributed by atoms with Gasteiger partial charge < -0.3 is 24.7 Å². The van der Waals surface area contributed by atoms with Crippen LogP contribution in [-0.4, -0.2) is 37.5 Å². The number of carbonyl (C=O) groups is 2. The average Bonchev–Trinajstić information content (AvgIpc) is 3.42. The second-order valence-electron chi connectivity index (χ2n) is 9.66. The highest BCUT2D eigenvalue weighted by Gasteiger charge is 2.29. The Balaban J connectivity index is 1.48. The number of benzene rings is 3. The minimum Gasteiger partial charge on any atom is -0.485 e. The van der Waals surface area contributed by atoms with Crippen LogP contribution in [0, 0.1) is 6.92 Å². The Morgan fingerprint density at radius 3 is 2.61 bits per heavy atom. The highest BCUT2D eigenvalue weighted by molar-refractivity contribution is 5.85. The number of carbonyl (C=O) groups excluding carboxylic acids is 2. The Morgan fingerprint density at radius 1 is 1.02 bits per heavy atom. The maximum Gasteiger partial charge on any atom is 0.320 e. The number of hydrogen-bond donors (Lipinski definition) is 1. The number of methoxy groups -OCH3 is 1. The number of aromatic nitrogens is 1. The van der Waals surface area contributed by atoms with Gasteiger partial charge in [0.1, 0.15) is 25.1 Å². The van der Waals surface area contributed by atoms with E-state index in [-0.39, 0.29) is 25.9 Å². The number of nitrogens with zero attached hydrogens (tertiary/aromatic N) is 1. The van der Waals surface area contributed by atoms with E-state index in [9.17, 15) is 9.59 Å². The Morgan fingerprint density at radius 2 is 1.85 bits per heavy atom. The molecule has 1 aliphatic carbocycles. The third-order valence-corrected chi connectivity index (χ3v) is 7.23. The summed E-state index contributed by atoms with van der Waals surface area (Å²) in [4.78, 5) is 27.1. The van der Waals surface area contributed by atoms with E-state index in [1.807, 2.05) is 36.4 Å². The maximum atomic E-state index is 11.5. The van der Waals surface area contributed by atoms with Gasteiger partial charge in [-0.15, -0.1) is 0 Å². The van der Waals surface area contributed by atoms with E-state index >= 15 is 0 Å². The van der Waals surface area contributed by atoms with Crippen molar-refractivity contribution >= 4 is 12.3 Å². The molecule has 1 aliphatic rings. The summed E-state index contributed by atoms with van der Waals surface area (Å²) >= 11 is 0. The fourth-order valence-electron chi connectivity index (χ4n) is 5.34. The van der Waals surface area contributed by atoms with Crippen molar-refractivity contribution in [3.63, 3.8) is 0 Å². The molecule has 1 atom stereocenters. The minimum absolute atomic E-state index is 0.0119. The van der Waals surface area contributed by atoms with Crippen molar-refractivity contribution in [3.05, 3.63) is 95.1 Å². The van der Waals surface area contributed by atoms with E-state index in [1.165, 1.54) is 12.7 Å². The van der Waals surface area contributed by atoms with Gasteiger partial charge in [-0.3, -0.25) is 9.59 Å². The van der Waals surface area contributed by atoms with Gasteiger partial charge in [-0.05, 0) is 65.3 Å². The first-order valence-corrected chi connectivity index (χ1v) is 13.5. The predicted molar refractivity (Wildman–Crippen MR) is 155 cm³/mol. The van der Waals surface area contributed by atoms with Crippen molar-refractivity contribution in [1.82, 2.24) is 4.98 Å². The average molecular weight is 553 g/mol. The summed E-state index contributed by atoms with van der Waals surface area (Å²) in [6.07, 6.45) is 2.13. The summed E-state index contributed by atoms with van der Waals surface area (Å²) in [5, 5.41) is 0. The molecule has 4 aromatic rings. The molecule has 3 aromatic carbocycles. The summed E-state index contributed by atoms with van der Waals surface area (Å²) < 4.78 is 22.8. The van der Waals surface area contributed by atoms with Crippen molar-refractivity contribution in [2.75, 3.05) is 20.3 Å². The zero-order chi connectivity index (χ0) is 28.8. The van der Waals surface area contributed by atoms with Gasteiger partial charge in [0, 0.05) is 11.6 Å². The third kappa shape index (κ3) is 5.93. The molecule has 8 nitrogen and oxygen atoms in total. The molecule has 0 bridgehead atoms. The SMILES string of the molecule is COc1nc(O[C@H]2CCc3c(-c4c(OCC=O)ccc(-c5ccccc5)c4C)cccc32)ccc1COC(=O)CN. The Bertz CT molecular complexity index is 1550. The molecule has 0 aliphatic heterocycles. The number of aldehydes is 1. The van der Waals surface area contributed by atoms with E-state index in [1.54, 1.807) is 12.1 Å². The van der Waals surface area contributed by atoms with Crippen LogP contribution in [-0.2, 0) is 27.4 Å². The lowest BCUT2D eigenvalue weighted by atomic mass is 9.88. The van der Waals surface area contributed by atoms with Crippen LogP contribution < -0.4 is 19.9 Å². The van der Waals surface area contributed by atoms with E-state index < -0.39 is 5.97 Å². The van der Waals surface area contributed by atoms with Crippen molar-refractivity contribution in [3.8, 4) is 39.8 Å². The quantitative estimate of drug-likeness (QED) is 0.195. The normalized spacial score (nSPS) is 13.8. The standard InChI is InChI=1S/C33H32N2O6/c1-21-24(22-7-4-3-5-8-22)12-15-29(39-18-17-36)32(21)27-10-6-9-26-25(27)13-14-28(26)41-30-16-11-23(33(35-30)38-2)20-40-31(37)19-34/h3-12,15-17,28H,13-14,18-20,34H2,1-2H3/t28-/m0/s1. The zero-order valence-corrected chi connectivity index (χ0v) is 23.1. The second-order valence-corrected chi connectivity index (χ2v) is 9.66. The second kappa shape index (κ2) is 12.7. The van der Waals surface area contributed by atoms with E-state index in [4.69, 9.17) is 24.7 Å². The molecule has 2 N–H and O–H groups in total. The third-order valence-electron chi connectivity index (χ3n) is 7.23. The van der Waals surface area contributed by atoms with Crippen LogP contribution in [0.3, 0.4) is 0 Å². The number of ether oxygens (including phenoxy) is 4. The smallest absolute Gasteiger partial charge is 0.320 e. The van der Waals surface area contributed by atoms with Crippen LogP contribution in [0.2, 0.25) is 0 Å². The monoisotopic (exact) mass is 552 g/mol. The van der Waals surface area contributed by atoms with Crippen LogP contribution in [0.5, 0.6) is 17.5 Å². The van der Waals surface area contributed by atoms with Crippen molar-refractivity contribution < 1.29 is 28.5 Å². The predicted octanol–water partition coefficient (Wildman–Crippen LogP) is 5.38. The summed E-state index contributed by atoms with van der Waals surface area (Å²) in [7, 11) is 1.51. The Hall–Kier alpha value is -4.69. The van der Waals surface area contributed by atoms with Crippen LogP contribution in [0.15, 0.2) is 72.8 Å². The molecule has 0 unspecified atom stereocenters. The number of hydrogen-bond acceptors (Lipinski definition) is 8. The van der Waals surface area contributed by atoms with Gasteiger partial charge in [0.2, 0.25) is 11.8 Å². The fraction of sp³-hybridized carbons (Fsp3) is 0.242. The number of esters is 1. The highest BCUT2D eigenvalue weighted by atomic mass is 16.5. The highest BCUT2D eigenvalue weighted by Crippen LogP contribution is 2.45. The van der Waals surface area contributed by atoms with Gasteiger partial charge in [0.25, 0.3) is 0 Å². The fourth-order valence-corrected chi connectivity index (χ4v) is 5.34. The molecule has 0 spiro atoms. The van der Waals surface area contributed by atoms with E-state index in [0.29, 0.717) is 23.1 Å². The first kappa shape index (κ1) is 27.9.